The lowest BCUT2D eigenvalue weighted by Crippen LogP contribution is -2.10. The van der Waals surface area contributed by atoms with Crippen molar-refractivity contribution >= 4 is 17.6 Å². The fraction of sp³-hybridized carbons (Fsp3) is 0. The van der Waals surface area contributed by atoms with Crippen LogP contribution in [0.2, 0.25) is 0 Å². The highest BCUT2D eigenvalue weighted by molar-refractivity contribution is 5.94. The first-order valence-electron chi connectivity index (χ1n) is 7.38. The number of hydrogen-bond donors (Lipinski definition) is 3. The largest absolute Gasteiger partial charge is 0.382 e. The molecule has 7 heteroatoms. The maximum absolute atomic E-state index is 11.2. The summed E-state index contributed by atoms with van der Waals surface area (Å²) in [6, 6.07) is 13.3. The molecule has 0 spiro atoms. The lowest BCUT2D eigenvalue weighted by atomic mass is 10.1. The molecular formula is C18H15N5O2. The van der Waals surface area contributed by atoms with Crippen LogP contribution in [0.5, 0.6) is 0 Å². The van der Waals surface area contributed by atoms with Crippen LogP contribution in [0.4, 0.5) is 5.82 Å². The van der Waals surface area contributed by atoms with Gasteiger partial charge in [-0.2, -0.15) is 0 Å². The molecule has 0 unspecified atom stereocenters. The van der Waals surface area contributed by atoms with Gasteiger partial charge in [0, 0.05) is 22.3 Å². The molecule has 0 aliphatic heterocycles. The Hall–Kier alpha value is -3.74. The van der Waals surface area contributed by atoms with E-state index < -0.39 is 11.8 Å². The van der Waals surface area contributed by atoms with E-state index >= 15 is 0 Å². The van der Waals surface area contributed by atoms with Crippen molar-refractivity contribution in [3.05, 3.63) is 65.9 Å². The number of anilines is 1. The second-order valence-corrected chi connectivity index (χ2v) is 5.37. The molecule has 1 heterocycles. The number of benzene rings is 2. The van der Waals surface area contributed by atoms with Crippen LogP contribution < -0.4 is 17.2 Å². The highest BCUT2D eigenvalue weighted by Crippen LogP contribution is 2.26. The van der Waals surface area contributed by atoms with Gasteiger partial charge in [-0.3, -0.25) is 9.59 Å². The van der Waals surface area contributed by atoms with E-state index in [0.717, 1.165) is 5.56 Å². The summed E-state index contributed by atoms with van der Waals surface area (Å²) in [5, 5.41) is 0. The van der Waals surface area contributed by atoms with Crippen molar-refractivity contribution in [2.24, 2.45) is 11.5 Å². The first kappa shape index (κ1) is 16.1. The molecule has 2 aromatic carbocycles. The number of nitrogens with two attached hydrogens (primary N) is 3. The first-order valence-corrected chi connectivity index (χ1v) is 7.38. The maximum atomic E-state index is 11.2. The fourth-order valence-corrected chi connectivity index (χ4v) is 2.35. The molecule has 3 aromatic rings. The number of carbonyl (C=O) groups is 2. The molecule has 25 heavy (non-hydrogen) atoms. The summed E-state index contributed by atoms with van der Waals surface area (Å²) in [5.74, 6) is -0.733. The molecule has 124 valence electrons. The highest BCUT2D eigenvalue weighted by Gasteiger charge is 2.10. The topological polar surface area (TPSA) is 138 Å². The first-order chi connectivity index (χ1) is 12.0. The van der Waals surface area contributed by atoms with Gasteiger partial charge in [0.05, 0.1) is 11.9 Å². The number of aromatic nitrogens is 2. The number of carbonyl (C=O) groups excluding carboxylic acids is 2. The van der Waals surface area contributed by atoms with Gasteiger partial charge in [0.1, 0.15) is 11.5 Å². The van der Waals surface area contributed by atoms with Crippen molar-refractivity contribution in [3.8, 4) is 22.5 Å². The molecule has 0 fully saturated rings. The standard InChI is InChI=1S/C18H15N5O2/c19-16-15(11-3-7-13(8-4-11)18(21)25)23-14(9-22-16)10-1-5-12(6-2-10)17(20)24/h1-9H,(H2,19,22)(H2,20,24)(H2,21,25). The number of primary amides is 2. The van der Waals surface area contributed by atoms with Gasteiger partial charge in [0.15, 0.2) is 0 Å². The minimum absolute atomic E-state index is 0.268. The third-order valence-electron chi connectivity index (χ3n) is 3.71. The molecule has 0 bridgehead atoms. The van der Waals surface area contributed by atoms with Crippen LogP contribution in [0, 0.1) is 0 Å². The Morgan fingerprint density at radius 2 is 1.24 bits per heavy atom. The van der Waals surface area contributed by atoms with Gasteiger partial charge in [-0.05, 0) is 24.3 Å². The van der Waals surface area contributed by atoms with Gasteiger partial charge in [0.25, 0.3) is 0 Å². The van der Waals surface area contributed by atoms with Gasteiger partial charge in [0.2, 0.25) is 11.8 Å². The summed E-state index contributed by atoms with van der Waals surface area (Å²) in [6.07, 6.45) is 1.55. The van der Waals surface area contributed by atoms with Crippen LogP contribution >= 0.6 is 0 Å². The molecule has 7 nitrogen and oxygen atoms in total. The zero-order valence-corrected chi connectivity index (χ0v) is 13.1. The number of nitrogens with zero attached hydrogens (tertiary/aromatic N) is 2. The average molecular weight is 333 g/mol. The van der Waals surface area contributed by atoms with Gasteiger partial charge in [-0.1, -0.05) is 24.3 Å². The smallest absolute Gasteiger partial charge is 0.248 e. The second kappa shape index (κ2) is 6.40. The molecule has 0 atom stereocenters. The fourth-order valence-electron chi connectivity index (χ4n) is 2.35. The molecule has 0 saturated heterocycles. The predicted octanol–water partition coefficient (Wildman–Crippen LogP) is 1.59. The summed E-state index contributed by atoms with van der Waals surface area (Å²) in [5.41, 5.74) is 19.8. The lowest BCUT2D eigenvalue weighted by molar-refractivity contribution is 0.0992. The van der Waals surface area contributed by atoms with E-state index in [2.05, 4.69) is 9.97 Å². The lowest BCUT2D eigenvalue weighted by Gasteiger charge is -2.08. The van der Waals surface area contributed by atoms with Gasteiger partial charge in [-0.15, -0.1) is 0 Å². The minimum atomic E-state index is -0.506. The molecule has 0 saturated carbocycles. The van der Waals surface area contributed by atoms with Crippen LogP contribution in [0.25, 0.3) is 22.5 Å². The third kappa shape index (κ3) is 3.30. The molecule has 2 amide bonds. The zero-order chi connectivity index (χ0) is 18.0. The second-order valence-electron chi connectivity index (χ2n) is 5.37. The summed E-state index contributed by atoms with van der Waals surface area (Å²) in [6.45, 7) is 0. The van der Waals surface area contributed by atoms with E-state index in [1.807, 2.05) is 0 Å². The van der Waals surface area contributed by atoms with E-state index in [1.54, 1.807) is 54.7 Å². The quantitative estimate of drug-likeness (QED) is 0.665. The molecule has 0 radical (unpaired) electrons. The van der Waals surface area contributed by atoms with Crippen molar-refractivity contribution < 1.29 is 9.59 Å². The molecule has 1 aromatic heterocycles. The molecule has 6 N–H and O–H groups in total. The number of nitrogen functional groups attached to an aromatic ring is 1. The third-order valence-corrected chi connectivity index (χ3v) is 3.71. The average Bonchev–Trinajstić information content (AvgIpc) is 2.62. The van der Waals surface area contributed by atoms with Gasteiger partial charge in [-0.25, -0.2) is 9.97 Å². The van der Waals surface area contributed by atoms with Crippen LogP contribution in [0.15, 0.2) is 54.7 Å². The minimum Gasteiger partial charge on any atom is -0.382 e. The number of rotatable bonds is 4. The van der Waals surface area contributed by atoms with Crippen LogP contribution in [0.3, 0.4) is 0 Å². The van der Waals surface area contributed by atoms with Crippen molar-refractivity contribution in [3.63, 3.8) is 0 Å². The molecule has 3 rings (SSSR count). The SMILES string of the molecule is NC(=O)c1ccc(-c2cnc(N)c(-c3ccc(C(N)=O)cc3)n2)cc1. The zero-order valence-electron chi connectivity index (χ0n) is 13.1. The van der Waals surface area contributed by atoms with E-state index in [4.69, 9.17) is 17.2 Å². The maximum Gasteiger partial charge on any atom is 0.248 e. The van der Waals surface area contributed by atoms with Crippen LogP contribution in [0.1, 0.15) is 20.7 Å². The Labute approximate surface area is 143 Å². The van der Waals surface area contributed by atoms with E-state index in [0.29, 0.717) is 28.1 Å². The number of hydrogen-bond acceptors (Lipinski definition) is 5. The summed E-state index contributed by atoms with van der Waals surface area (Å²) < 4.78 is 0. The predicted molar refractivity (Wildman–Crippen MR) is 94.4 cm³/mol. The monoisotopic (exact) mass is 333 g/mol. The molecule has 0 aliphatic carbocycles. The Kier molecular flexibility index (Phi) is 4.13. The Morgan fingerprint density at radius 3 is 1.72 bits per heavy atom. The van der Waals surface area contributed by atoms with Gasteiger partial charge < -0.3 is 17.2 Å². The van der Waals surface area contributed by atoms with Gasteiger partial charge >= 0.3 is 0 Å². The van der Waals surface area contributed by atoms with Crippen molar-refractivity contribution in [2.75, 3.05) is 5.73 Å². The summed E-state index contributed by atoms with van der Waals surface area (Å²) in [4.78, 5) is 31.0. The van der Waals surface area contributed by atoms with Crippen LogP contribution in [-0.4, -0.2) is 21.8 Å². The summed E-state index contributed by atoms with van der Waals surface area (Å²) in [7, 11) is 0. The van der Waals surface area contributed by atoms with Crippen molar-refractivity contribution in [1.82, 2.24) is 9.97 Å². The Morgan fingerprint density at radius 1 is 0.760 bits per heavy atom. The van der Waals surface area contributed by atoms with Crippen molar-refractivity contribution in [2.45, 2.75) is 0 Å². The molecule has 0 aliphatic rings. The Balaban J connectivity index is 2.00. The van der Waals surface area contributed by atoms with E-state index in [9.17, 15) is 9.59 Å². The van der Waals surface area contributed by atoms with Crippen LogP contribution in [-0.2, 0) is 0 Å². The highest BCUT2D eigenvalue weighted by atomic mass is 16.1. The van der Waals surface area contributed by atoms with E-state index in [1.165, 1.54) is 0 Å². The summed E-state index contributed by atoms with van der Waals surface area (Å²) >= 11 is 0. The molecular weight excluding hydrogens is 318 g/mol. The Bertz CT molecular complexity index is 950. The van der Waals surface area contributed by atoms with Crippen molar-refractivity contribution in [1.29, 1.82) is 0 Å². The normalized spacial score (nSPS) is 10.4. The number of amides is 2. The van der Waals surface area contributed by atoms with E-state index in [-0.39, 0.29) is 5.82 Å².